The van der Waals surface area contributed by atoms with Gasteiger partial charge in [0.25, 0.3) is 0 Å². The summed E-state index contributed by atoms with van der Waals surface area (Å²) in [6.45, 7) is 5.25. The van der Waals surface area contributed by atoms with Gasteiger partial charge in [0.1, 0.15) is 0 Å². The lowest BCUT2D eigenvalue weighted by atomic mass is 10.0. The van der Waals surface area contributed by atoms with Crippen molar-refractivity contribution >= 4 is 28.3 Å². The van der Waals surface area contributed by atoms with E-state index in [4.69, 9.17) is 4.98 Å². The third-order valence-corrected chi connectivity index (χ3v) is 6.60. The highest BCUT2D eigenvalue weighted by Crippen LogP contribution is 2.33. The Morgan fingerprint density at radius 3 is 2.82 bits per heavy atom. The number of hydrogen-bond donors (Lipinski definition) is 0. The van der Waals surface area contributed by atoms with Gasteiger partial charge in [0, 0.05) is 30.9 Å². The number of aromatic nitrogens is 1. The molecular weight excluding hydrogens is 370 g/mol. The number of hydrogen-bond acceptors (Lipinski definition) is 4. The van der Waals surface area contributed by atoms with Gasteiger partial charge in [-0.25, -0.2) is 4.98 Å². The summed E-state index contributed by atoms with van der Waals surface area (Å²) in [6, 6.07) is 9.91. The smallest absolute Gasteiger partial charge is 0.234 e. The fourth-order valence-corrected chi connectivity index (χ4v) is 5.12. The molecule has 2 aliphatic rings. The first-order valence-corrected chi connectivity index (χ1v) is 10.7. The van der Waals surface area contributed by atoms with Crippen molar-refractivity contribution in [3.8, 4) is 0 Å². The second kappa shape index (κ2) is 8.27. The summed E-state index contributed by atoms with van der Waals surface area (Å²) in [7, 11) is 0. The van der Waals surface area contributed by atoms with E-state index < -0.39 is 0 Å². The van der Waals surface area contributed by atoms with Crippen LogP contribution in [-0.2, 0) is 29.0 Å². The van der Waals surface area contributed by atoms with Crippen LogP contribution in [0.3, 0.4) is 0 Å². The Morgan fingerprint density at radius 1 is 1.29 bits per heavy atom. The molecule has 1 aromatic carbocycles. The SMILES string of the molecule is C=CCN(C(=O)C1CC(=O)N(Cc2ccccc2)C1)c1nc2c(s1)CCCC2. The minimum absolute atomic E-state index is 0.0186. The lowest BCUT2D eigenvalue weighted by molar-refractivity contribution is -0.128. The summed E-state index contributed by atoms with van der Waals surface area (Å²) in [4.78, 5) is 35.3. The Morgan fingerprint density at radius 2 is 2.07 bits per heavy atom. The number of fused-ring (bicyclic) bond motifs is 1. The summed E-state index contributed by atoms with van der Waals surface area (Å²) in [5, 5.41) is 0.755. The number of rotatable bonds is 6. The van der Waals surface area contributed by atoms with E-state index in [2.05, 4.69) is 6.58 Å². The molecule has 1 aliphatic heterocycles. The van der Waals surface area contributed by atoms with Gasteiger partial charge in [-0.05, 0) is 31.2 Å². The van der Waals surface area contributed by atoms with Crippen molar-refractivity contribution in [1.29, 1.82) is 0 Å². The molecular formula is C22H25N3O2S. The van der Waals surface area contributed by atoms with Gasteiger partial charge < -0.3 is 4.90 Å². The Balaban J connectivity index is 1.49. The van der Waals surface area contributed by atoms with Gasteiger partial charge in [-0.15, -0.1) is 17.9 Å². The lowest BCUT2D eigenvalue weighted by Crippen LogP contribution is -2.37. The number of thiazole rings is 1. The number of benzene rings is 1. The molecule has 5 nitrogen and oxygen atoms in total. The van der Waals surface area contributed by atoms with Crippen LogP contribution in [0.4, 0.5) is 5.13 Å². The van der Waals surface area contributed by atoms with E-state index in [-0.39, 0.29) is 24.2 Å². The predicted molar refractivity (Wildman–Crippen MR) is 111 cm³/mol. The van der Waals surface area contributed by atoms with Gasteiger partial charge in [-0.2, -0.15) is 0 Å². The van der Waals surface area contributed by atoms with Crippen LogP contribution in [0.15, 0.2) is 43.0 Å². The zero-order valence-electron chi connectivity index (χ0n) is 16.0. The average molecular weight is 396 g/mol. The molecule has 0 N–H and O–H groups in total. The number of anilines is 1. The van der Waals surface area contributed by atoms with E-state index >= 15 is 0 Å². The summed E-state index contributed by atoms with van der Waals surface area (Å²) < 4.78 is 0. The van der Waals surface area contributed by atoms with Gasteiger partial charge in [-0.1, -0.05) is 36.4 Å². The quantitative estimate of drug-likeness (QED) is 0.703. The lowest BCUT2D eigenvalue weighted by Gasteiger charge is -2.22. The van der Waals surface area contributed by atoms with Gasteiger partial charge >= 0.3 is 0 Å². The maximum Gasteiger partial charge on any atom is 0.234 e. The van der Waals surface area contributed by atoms with Crippen LogP contribution in [0, 0.1) is 5.92 Å². The first-order valence-electron chi connectivity index (χ1n) is 9.88. The molecule has 1 atom stereocenters. The third kappa shape index (κ3) is 3.87. The molecule has 1 aliphatic carbocycles. The monoisotopic (exact) mass is 395 g/mol. The van der Waals surface area contributed by atoms with Crippen molar-refractivity contribution in [3.63, 3.8) is 0 Å². The van der Waals surface area contributed by atoms with E-state index in [1.807, 2.05) is 30.3 Å². The van der Waals surface area contributed by atoms with Crippen molar-refractivity contribution in [2.75, 3.05) is 18.0 Å². The Labute approximate surface area is 169 Å². The molecule has 4 rings (SSSR count). The van der Waals surface area contributed by atoms with Gasteiger partial charge in [0.15, 0.2) is 5.13 Å². The average Bonchev–Trinajstić information content (AvgIpc) is 3.30. The topological polar surface area (TPSA) is 53.5 Å². The van der Waals surface area contributed by atoms with Crippen molar-refractivity contribution in [1.82, 2.24) is 9.88 Å². The highest BCUT2D eigenvalue weighted by molar-refractivity contribution is 7.16. The van der Waals surface area contributed by atoms with Crippen LogP contribution in [0.1, 0.15) is 35.4 Å². The highest BCUT2D eigenvalue weighted by atomic mass is 32.1. The van der Waals surface area contributed by atoms with Gasteiger partial charge in [0.2, 0.25) is 11.8 Å². The Kier molecular flexibility index (Phi) is 5.57. The van der Waals surface area contributed by atoms with Crippen LogP contribution >= 0.6 is 11.3 Å². The second-order valence-electron chi connectivity index (χ2n) is 7.47. The fraction of sp³-hybridized carbons (Fsp3) is 0.409. The van der Waals surface area contributed by atoms with Crippen molar-refractivity contribution in [2.45, 2.75) is 38.6 Å². The minimum atomic E-state index is -0.322. The molecule has 28 heavy (non-hydrogen) atoms. The van der Waals surface area contributed by atoms with E-state index in [0.717, 1.165) is 35.7 Å². The van der Waals surface area contributed by atoms with Gasteiger partial charge in [-0.3, -0.25) is 14.5 Å². The molecule has 2 aromatic rings. The largest absolute Gasteiger partial charge is 0.338 e. The molecule has 6 heteroatoms. The number of carbonyl (C=O) groups excluding carboxylic acids is 2. The second-order valence-corrected chi connectivity index (χ2v) is 8.53. The van der Waals surface area contributed by atoms with Crippen LogP contribution in [0.2, 0.25) is 0 Å². The van der Waals surface area contributed by atoms with Crippen LogP contribution < -0.4 is 4.90 Å². The molecule has 1 saturated heterocycles. The summed E-state index contributed by atoms with van der Waals surface area (Å²) in [5.41, 5.74) is 2.22. The molecule has 0 radical (unpaired) electrons. The molecule has 0 bridgehead atoms. The zero-order valence-corrected chi connectivity index (χ0v) is 16.8. The molecule has 0 spiro atoms. The van der Waals surface area contributed by atoms with Crippen LogP contribution in [0.5, 0.6) is 0 Å². The van der Waals surface area contributed by atoms with E-state index in [1.165, 1.54) is 11.3 Å². The minimum Gasteiger partial charge on any atom is -0.338 e. The molecule has 1 aromatic heterocycles. The molecule has 2 amide bonds. The summed E-state index contributed by atoms with van der Waals surface area (Å²) in [6.07, 6.45) is 6.40. The molecule has 1 fully saturated rings. The standard InChI is InChI=1S/C22H25N3O2S/c1-2-12-25(22-23-18-10-6-7-11-19(18)28-22)21(27)17-13-20(26)24(15-17)14-16-8-4-3-5-9-16/h2-5,8-9,17H,1,6-7,10-15H2. The van der Waals surface area contributed by atoms with Crippen molar-refractivity contribution < 1.29 is 9.59 Å². The van der Waals surface area contributed by atoms with Crippen LogP contribution in [0.25, 0.3) is 0 Å². The predicted octanol–water partition coefficient (Wildman–Crippen LogP) is 3.59. The number of carbonyl (C=O) groups is 2. The summed E-state index contributed by atoms with van der Waals surface area (Å²) >= 11 is 1.62. The van der Waals surface area contributed by atoms with E-state index in [1.54, 1.807) is 27.2 Å². The number of aryl methyl sites for hydroxylation is 2. The number of amides is 2. The first kappa shape index (κ1) is 18.9. The van der Waals surface area contributed by atoms with Gasteiger partial charge in [0.05, 0.1) is 11.6 Å². The Hall–Kier alpha value is -2.47. The fourth-order valence-electron chi connectivity index (χ4n) is 3.96. The maximum atomic E-state index is 13.3. The van der Waals surface area contributed by atoms with E-state index in [9.17, 15) is 9.59 Å². The Bertz CT molecular complexity index is 854. The maximum absolute atomic E-state index is 13.3. The van der Waals surface area contributed by atoms with Crippen LogP contribution in [-0.4, -0.2) is 34.8 Å². The molecule has 2 heterocycles. The van der Waals surface area contributed by atoms with E-state index in [0.29, 0.717) is 19.6 Å². The highest BCUT2D eigenvalue weighted by Gasteiger charge is 2.37. The normalized spacial score (nSPS) is 18.8. The summed E-state index contributed by atoms with van der Waals surface area (Å²) in [5.74, 6) is -0.300. The zero-order chi connectivity index (χ0) is 19.5. The molecule has 146 valence electrons. The number of nitrogens with zero attached hydrogens (tertiary/aromatic N) is 3. The first-order chi connectivity index (χ1) is 13.7. The third-order valence-electron chi connectivity index (χ3n) is 5.42. The molecule has 0 saturated carbocycles. The number of likely N-dealkylation sites (tertiary alicyclic amines) is 1. The van der Waals surface area contributed by atoms with Crippen molar-refractivity contribution in [2.24, 2.45) is 5.92 Å². The van der Waals surface area contributed by atoms with Crippen molar-refractivity contribution in [3.05, 3.63) is 59.1 Å². The molecule has 1 unspecified atom stereocenters.